The van der Waals surface area contributed by atoms with Gasteiger partial charge in [0.05, 0.1) is 11.6 Å². The van der Waals surface area contributed by atoms with E-state index in [1.165, 1.54) is 12.1 Å². The number of rotatable bonds is 2. The number of halogens is 3. The van der Waals surface area contributed by atoms with Crippen LogP contribution >= 0.6 is 0 Å². The Morgan fingerprint density at radius 2 is 1.83 bits per heavy atom. The fourth-order valence-electron chi connectivity index (χ4n) is 2.18. The van der Waals surface area contributed by atoms with Gasteiger partial charge in [0.25, 0.3) is 0 Å². The van der Waals surface area contributed by atoms with Crippen LogP contribution < -0.4 is 5.73 Å². The normalized spacial score (nSPS) is 24.1. The van der Waals surface area contributed by atoms with Crippen LogP contribution in [0.5, 0.6) is 0 Å². The molecular weight excluding hydrogens is 245 g/mol. The summed E-state index contributed by atoms with van der Waals surface area (Å²) in [5.74, 6) is -0.164. The molecule has 2 atom stereocenters. The molecule has 0 bridgehead atoms. The molecule has 0 saturated carbocycles. The number of β-lactam (4-membered cyclic amide) rings is 1. The Labute approximate surface area is 102 Å². The van der Waals surface area contributed by atoms with E-state index >= 15 is 0 Å². The number of alkyl halides is 3. The van der Waals surface area contributed by atoms with Crippen LogP contribution in [0.1, 0.15) is 24.1 Å². The van der Waals surface area contributed by atoms with Crippen molar-refractivity contribution in [2.24, 2.45) is 5.73 Å². The van der Waals surface area contributed by atoms with Gasteiger partial charge in [0.1, 0.15) is 6.04 Å². The molecule has 1 aliphatic rings. The maximum Gasteiger partial charge on any atom is 0.416 e. The van der Waals surface area contributed by atoms with E-state index in [1.807, 2.05) is 0 Å². The van der Waals surface area contributed by atoms with Crippen molar-refractivity contribution in [2.45, 2.75) is 25.2 Å². The average Bonchev–Trinajstić information content (AvgIpc) is 2.33. The van der Waals surface area contributed by atoms with E-state index in [4.69, 9.17) is 5.73 Å². The summed E-state index contributed by atoms with van der Waals surface area (Å²) in [6.45, 7) is 2.30. The third-order valence-electron chi connectivity index (χ3n) is 3.16. The molecule has 18 heavy (non-hydrogen) atoms. The number of likely N-dealkylation sites (tertiary alicyclic amines) is 1. The molecule has 0 spiro atoms. The minimum atomic E-state index is -4.35. The molecule has 98 valence electrons. The van der Waals surface area contributed by atoms with Gasteiger partial charge in [0, 0.05) is 6.54 Å². The summed E-state index contributed by atoms with van der Waals surface area (Å²) in [6, 6.07) is 3.81. The number of amides is 1. The average molecular weight is 258 g/mol. The molecule has 3 nitrogen and oxygen atoms in total. The van der Waals surface area contributed by atoms with E-state index in [1.54, 1.807) is 11.8 Å². The second kappa shape index (κ2) is 4.28. The highest BCUT2D eigenvalue weighted by molar-refractivity contribution is 5.89. The lowest BCUT2D eigenvalue weighted by molar-refractivity contribution is -0.149. The van der Waals surface area contributed by atoms with Crippen molar-refractivity contribution in [1.29, 1.82) is 0 Å². The van der Waals surface area contributed by atoms with Crippen LogP contribution in [0.3, 0.4) is 0 Å². The Kier molecular flexibility index (Phi) is 3.06. The van der Waals surface area contributed by atoms with Gasteiger partial charge < -0.3 is 10.6 Å². The summed E-state index contributed by atoms with van der Waals surface area (Å²) in [7, 11) is 0. The second-order valence-electron chi connectivity index (χ2n) is 4.21. The van der Waals surface area contributed by atoms with Gasteiger partial charge in [-0.25, -0.2) is 0 Å². The van der Waals surface area contributed by atoms with Gasteiger partial charge in [-0.3, -0.25) is 4.79 Å². The molecule has 0 aliphatic carbocycles. The first-order chi connectivity index (χ1) is 8.36. The Hall–Kier alpha value is -1.56. The summed E-state index contributed by atoms with van der Waals surface area (Å²) in [5, 5.41) is 0. The van der Waals surface area contributed by atoms with Crippen molar-refractivity contribution in [3.05, 3.63) is 35.4 Å². The number of carbonyl (C=O) groups is 1. The summed E-state index contributed by atoms with van der Waals surface area (Å²) < 4.78 is 37.2. The second-order valence-corrected chi connectivity index (χ2v) is 4.21. The van der Waals surface area contributed by atoms with Gasteiger partial charge in [0.2, 0.25) is 5.91 Å². The first kappa shape index (κ1) is 12.9. The minimum Gasteiger partial charge on any atom is -0.332 e. The maximum atomic E-state index is 12.4. The van der Waals surface area contributed by atoms with Crippen LogP contribution in [0.2, 0.25) is 0 Å². The molecule has 1 aromatic rings. The summed E-state index contributed by atoms with van der Waals surface area (Å²) >= 11 is 0. The van der Waals surface area contributed by atoms with Gasteiger partial charge in [-0.15, -0.1) is 0 Å². The van der Waals surface area contributed by atoms with E-state index in [-0.39, 0.29) is 11.9 Å². The van der Waals surface area contributed by atoms with E-state index in [0.717, 1.165) is 12.1 Å². The summed E-state index contributed by atoms with van der Waals surface area (Å²) in [6.07, 6.45) is -4.35. The van der Waals surface area contributed by atoms with Crippen molar-refractivity contribution in [3.8, 4) is 0 Å². The van der Waals surface area contributed by atoms with E-state index < -0.39 is 17.8 Å². The highest BCUT2D eigenvalue weighted by atomic mass is 19.4. The van der Waals surface area contributed by atoms with Gasteiger partial charge in [-0.2, -0.15) is 13.2 Å². The van der Waals surface area contributed by atoms with Crippen molar-refractivity contribution in [3.63, 3.8) is 0 Å². The van der Waals surface area contributed by atoms with E-state index in [0.29, 0.717) is 12.1 Å². The Morgan fingerprint density at radius 1 is 1.28 bits per heavy atom. The van der Waals surface area contributed by atoms with Crippen LogP contribution in [0.15, 0.2) is 24.3 Å². The fourth-order valence-corrected chi connectivity index (χ4v) is 2.18. The first-order valence-electron chi connectivity index (χ1n) is 5.59. The van der Waals surface area contributed by atoms with Crippen molar-refractivity contribution in [2.75, 3.05) is 6.54 Å². The van der Waals surface area contributed by atoms with Gasteiger partial charge in [-0.1, -0.05) is 12.1 Å². The fraction of sp³-hybridized carbons (Fsp3) is 0.417. The number of nitrogens with zero attached hydrogens (tertiary/aromatic N) is 1. The molecular formula is C12H13F3N2O. The van der Waals surface area contributed by atoms with Crippen LogP contribution in [0, 0.1) is 0 Å². The largest absolute Gasteiger partial charge is 0.416 e. The van der Waals surface area contributed by atoms with Crippen LogP contribution in [-0.4, -0.2) is 23.4 Å². The van der Waals surface area contributed by atoms with Crippen LogP contribution in [0.25, 0.3) is 0 Å². The maximum absolute atomic E-state index is 12.4. The van der Waals surface area contributed by atoms with Crippen molar-refractivity contribution in [1.82, 2.24) is 4.90 Å². The predicted molar refractivity (Wildman–Crippen MR) is 59.5 cm³/mol. The van der Waals surface area contributed by atoms with E-state index in [2.05, 4.69) is 0 Å². The zero-order chi connectivity index (χ0) is 13.5. The lowest BCUT2D eigenvalue weighted by Crippen LogP contribution is -2.62. The first-order valence-corrected chi connectivity index (χ1v) is 5.59. The molecule has 0 radical (unpaired) electrons. The Balaban J connectivity index is 2.23. The molecule has 1 aliphatic heterocycles. The quantitative estimate of drug-likeness (QED) is 0.824. The lowest BCUT2D eigenvalue weighted by Gasteiger charge is -2.45. The molecule has 0 unspecified atom stereocenters. The predicted octanol–water partition coefficient (Wildman–Crippen LogP) is 1.94. The summed E-state index contributed by atoms with van der Waals surface area (Å²) in [4.78, 5) is 13.0. The standard InChI is InChI=1S/C12H13F3N2O/c1-2-17-10(9(16)11(17)18)7-3-5-8(6-4-7)12(13,14)15/h3-6,9-10H,2,16H2,1H3/t9-,10+/m0/s1. The molecule has 2 N–H and O–H groups in total. The van der Waals surface area contributed by atoms with Crippen molar-refractivity contribution >= 4 is 5.91 Å². The number of likely N-dealkylation sites (N-methyl/N-ethyl adjacent to an activating group) is 1. The van der Waals surface area contributed by atoms with Gasteiger partial charge in [0.15, 0.2) is 0 Å². The monoisotopic (exact) mass is 258 g/mol. The molecule has 0 aromatic heterocycles. The zero-order valence-corrected chi connectivity index (χ0v) is 9.74. The number of carbonyl (C=O) groups excluding carboxylic acids is 1. The summed E-state index contributed by atoms with van der Waals surface area (Å²) in [5.41, 5.74) is 5.61. The molecule has 1 aromatic carbocycles. The highest BCUT2D eigenvalue weighted by Gasteiger charge is 2.44. The molecule has 1 amide bonds. The molecule has 2 rings (SSSR count). The van der Waals surface area contributed by atoms with E-state index in [9.17, 15) is 18.0 Å². The van der Waals surface area contributed by atoms with Crippen LogP contribution in [0.4, 0.5) is 13.2 Å². The number of benzene rings is 1. The lowest BCUT2D eigenvalue weighted by atomic mass is 9.89. The van der Waals surface area contributed by atoms with Crippen LogP contribution in [-0.2, 0) is 11.0 Å². The highest BCUT2D eigenvalue weighted by Crippen LogP contribution is 2.35. The molecule has 1 heterocycles. The number of hydrogen-bond acceptors (Lipinski definition) is 2. The SMILES string of the molecule is CCN1C(=O)[C@@H](N)[C@H]1c1ccc(C(F)(F)F)cc1. The minimum absolute atomic E-state index is 0.164. The molecule has 1 fully saturated rings. The molecule has 6 heteroatoms. The third-order valence-corrected chi connectivity index (χ3v) is 3.16. The zero-order valence-electron chi connectivity index (χ0n) is 9.74. The number of hydrogen-bond donors (Lipinski definition) is 1. The smallest absolute Gasteiger partial charge is 0.332 e. The Morgan fingerprint density at radius 3 is 2.28 bits per heavy atom. The third kappa shape index (κ3) is 1.96. The van der Waals surface area contributed by atoms with Gasteiger partial charge in [-0.05, 0) is 24.6 Å². The number of nitrogens with two attached hydrogens (primary N) is 1. The van der Waals surface area contributed by atoms with Gasteiger partial charge >= 0.3 is 6.18 Å². The Bertz CT molecular complexity index is 455. The molecule has 1 saturated heterocycles. The van der Waals surface area contributed by atoms with Crippen molar-refractivity contribution < 1.29 is 18.0 Å². The topological polar surface area (TPSA) is 46.3 Å².